The number of esters is 1. The second kappa shape index (κ2) is 19.8. The number of carbonyl (C=O) groups excluding carboxylic acids is 2. The Labute approximate surface area is 321 Å². The fourth-order valence-corrected chi connectivity index (χ4v) is 5.65. The van der Waals surface area contributed by atoms with Crippen LogP contribution in [0.5, 0.6) is 0 Å². The van der Waals surface area contributed by atoms with Crippen LogP contribution in [0.2, 0.25) is 5.15 Å². The van der Waals surface area contributed by atoms with Crippen molar-refractivity contribution in [2.24, 2.45) is 5.92 Å². The molecule has 0 saturated carbocycles. The lowest BCUT2D eigenvalue weighted by molar-refractivity contribution is -0.460. The van der Waals surface area contributed by atoms with E-state index in [1.54, 1.807) is 23.7 Å². The predicted molar refractivity (Wildman–Crippen MR) is 201 cm³/mol. The highest BCUT2D eigenvalue weighted by molar-refractivity contribution is 6.32. The first-order valence-electron chi connectivity index (χ1n) is 18.0. The molecule has 4 rings (SSSR count). The molecule has 2 aromatic heterocycles. The number of aryl methyl sites for hydroxylation is 1. The van der Waals surface area contributed by atoms with Crippen molar-refractivity contribution in [1.82, 2.24) is 45.6 Å². The lowest BCUT2D eigenvalue weighted by Crippen LogP contribution is -2.55. The number of unbranched alkanes of at least 4 members (excludes halogenated alkanes) is 1. The van der Waals surface area contributed by atoms with Crippen LogP contribution in [0.1, 0.15) is 89.1 Å². The molecule has 0 bridgehead atoms. The molecular weight excluding hydrogens is 718 g/mol. The SMILES string of the molecule is CCCCc1nc(Cl)c(C(=O)OC(C)OC(=O)OCC(C)CCCON(C)N(O)N(C)C(C)(C)C)n1Cc1ccc(-c2ccccc2-c2nnn[nH]2)cc1. The number of hydroxylamine groups is 1. The maximum absolute atomic E-state index is 13.5. The topological polar surface area (TPSA) is 173 Å². The van der Waals surface area contributed by atoms with Gasteiger partial charge in [-0.25, -0.2) is 19.7 Å². The number of aromatic nitrogens is 6. The Morgan fingerprint density at radius 1 is 1.02 bits per heavy atom. The number of nitrogens with zero attached hydrogens (tertiary/aromatic N) is 8. The molecule has 16 nitrogen and oxygen atoms in total. The summed E-state index contributed by atoms with van der Waals surface area (Å²) in [4.78, 5) is 36.0. The number of hydrogen-bond acceptors (Lipinski definition) is 14. The van der Waals surface area contributed by atoms with Crippen LogP contribution in [0.3, 0.4) is 0 Å². The number of H-pyrrole nitrogens is 1. The van der Waals surface area contributed by atoms with E-state index in [1.807, 2.05) is 76.2 Å². The Kier molecular flexibility index (Phi) is 15.5. The number of rotatable bonds is 19. The van der Waals surface area contributed by atoms with Gasteiger partial charge in [-0.05, 0) is 78.3 Å². The van der Waals surface area contributed by atoms with Crippen LogP contribution in [0, 0.1) is 5.92 Å². The average Bonchev–Trinajstić information content (AvgIpc) is 3.78. The summed E-state index contributed by atoms with van der Waals surface area (Å²) in [6.45, 7) is 12.0. The summed E-state index contributed by atoms with van der Waals surface area (Å²) in [5.41, 5.74) is 3.44. The van der Waals surface area contributed by atoms with Crippen LogP contribution in [0.15, 0.2) is 48.5 Å². The third-order valence-corrected chi connectivity index (χ3v) is 8.98. The number of tetrazole rings is 1. The molecule has 294 valence electrons. The summed E-state index contributed by atoms with van der Waals surface area (Å²) < 4.78 is 17.8. The normalized spacial score (nSPS) is 13.1. The number of nitrogens with one attached hydrogen (secondary N) is 1. The molecule has 2 heterocycles. The molecule has 17 heteroatoms. The summed E-state index contributed by atoms with van der Waals surface area (Å²) >= 11 is 6.54. The minimum atomic E-state index is -1.26. The van der Waals surface area contributed by atoms with Crippen molar-refractivity contribution < 1.29 is 33.8 Å². The standard InChI is InChI=1S/C37H52ClN9O7/c1-9-10-17-31-39-33(38)32(46(31)23-27-18-20-28(21-19-27)29-15-11-12-16-30(29)34-40-42-43-41-34)35(48)53-26(3)54-36(49)51-24-25(2)14-13-22-52-45(8)47(50)44(7)37(4,5)6/h11-12,15-16,18-21,25-26,50H,9-10,13-14,17,22-24H2,1-8H3,(H,40,41,42,43). The highest BCUT2D eigenvalue weighted by Crippen LogP contribution is 2.30. The first-order chi connectivity index (χ1) is 25.7. The molecular formula is C37H52ClN9O7. The molecule has 0 saturated heterocycles. The van der Waals surface area contributed by atoms with Crippen molar-refractivity contribution >= 4 is 23.7 Å². The van der Waals surface area contributed by atoms with E-state index in [4.69, 9.17) is 30.6 Å². The van der Waals surface area contributed by atoms with Gasteiger partial charge in [-0.15, -0.1) is 5.10 Å². The number of benzene rings is 2. The van der Waals surface area contributed by atoms with E-state index < -0.39 is 18.4 Å². The van der Waals surface area contributed by atoms with Crippen molar-refractivity contribution in [3.05, 3.63) is 70.8 Å². The average molecular weight is 770 g/mol. The van der Waals surface area contributed by atoms with E-state index >= 15 is 0 Å². The number of ether oxygens (including phenoxy) is 3. The van der Waals surface area contributed by atoms with Gasteiger partial charge in [0.05, 0.1) is 13.2 Å². The number of aromatic amines is 1. The summed E-state index contributed by atoms with van der Waals surface area (Å²) in [6, 6.07) is 15.7. The maximum Gasteiger partial charge on any atom is 0.511 e. The Hall–Kier alpha value is -4.45. The first kappa shape index (κ1) is 42.3. The summed E-state index contributed by atoms with van der Waals surface area (Å²) in [5, 5.41) is 28.4. The number of carbonyl (C=O) groups is 2. The Morgan fingerprint density at radius 2 is 1.72 bits per heavy atom. The molecule has 0 radical (unpaired) electrons. The van der Waals surface area contributed by atoms with Crippen LogP contribution in [-0.4, -0.2) is 102 Å². The van der Waals surface area contributed by atoms with Crippen molar-refractivity contribution in [1.29, 1.82) is 0 Å². The van der Waals surface area contributed by atoms with Gasteiger partial charge >= 0.3 is 12.1 Å². The first-order valence-corrected chi connectivity index (χ1v) is 18.4. The Bertz CT molecular complexity index is 1780. The summed E-state index contributed by atoms with van der Waals surface area (Å²) in [6.07, 6.45) is 1.49. The van der Waals surface area contributed by atoms with Crippen molar-refractivity contribution in [3.63, 3.8) is 0 Å². The zero-order valence-electron chi connectivity index (χ0n) is 32.3. The van der Waals surface area contributed by atoms with Crippen molar-refractivity contribution in [2.75, 3.05) is 27.3 Å². The third kappa shape index (κ3) is 11.8. The highest BCUT2D eigenvalue weighted by Gasteiger charge is 2.27. The van der Waals surface area contributed by atoms with E-state index in [0.717, 1.165) is 40.4 Å². The molecule has 0 aliphatic carbocycles. The van der Waals surface area contributed by atoms with Crippen molar-refractivity contribution in [2.45, 2.75) is 92.0 Å². The number of hydrogen-bond donors (Lipinski definition) is 2. The second-order valence-corrected chi connectivity index (χ2v) is 14.4. The largest absolute Gasteiger partial charge is 0.511 e. The predicted octanol–water partition coefficient (Wildman–Crippen LogP) is 6.96. The van der Waals surface area contributed by atoms with Gasteiger partial charge in [-0.1, -0.05) is 85.6 Å². The van der Waals surface area contributed by atoms with Crippen LogP contribution in [0.4, 0.5) is 4.79 Å². The molecule has 0 amide bonds. The molecule has 0 aliphatic rings. The minimum Gasteiger partial charge on any atom is -0.434 e. The molecule has 54 heavy (non-hydrogen) atoms. The molecule has 2 unspecified atom stereocenters. The van der Waals surface area contributed by atoms with Gasteiger partial charge in [0, 0.05) is 45.1 Å². The van der Waals surface area contributed by atoms with E-state index in [2.05, 4.69) is 32.5 Å². The maximum atomic E-state index is 13.5. The lowest BCUT2D eigenvalue weighted by atomic mass is 9.98. The van der Waals surface area contributed by atoms with Gasteiger partial charge in [0.15, 0.2) is 16.7 Å². The molecule has 0 aliphatic heterocycles. The van der Waals surface area contributed by atoms with Crippen LogP contribution >= 0.6 is 11.6 Å². The van der Waals surface area contributed by atoms with E-state index in [-0.39, 0.29) is 28.9 Å². The second-order valence-electron chi connectivity index (χ2n) is 14.0. The smallest absolute Gasteiger partial charge is 0.434 e. The van der Waals surface area contributed by atoms with E-state index in [1.165, 1.54) is 12.1 Å². The lowest BCUT2D eigenvalue weighted by Gasteiger charge is -2.39. The number of halogens is 1. The van der Waals surface area contributed by atoms with Gasteiger partial charge < -0.3 is 18.8 Å². The minimum absolute atomic E-state index is 0.00371. The highest BCUT2D eigenvalue weighted by atomic mass is 35.5. The molecule has 2 atom stereocenters. The Morgan fingerprint density at radius 3 is 2.37 bits per heavy atom. The molecule has 0 spiro atoms. The quantitative estimate of drug-likeness (QED) is 0.0434. The molecule has 2 aromatic carbocycles. The van der Waals surface area contributed by atoms with Gasteiger partial charge in [0.25, 0.3) is 0 Å². The van der Waals surface area contributed by atoms with Gasteiger partial charge in [0.1, 0.15) is 5.82 Å². The molecule has 2 N–H and O–H groups in total. The fourth-order valence-electron chi connectivity index (χ4n) is 5.38. The van der Waals surface area contributed by atoms with E-state index in [0.29, 0.717) is 44.1 Å². The van der Waals surface area contributed by atoms with E-state index in [9.17, 15) is 14.8 Å². The summed E-state index contributed by atoms with van der Waals surface area (Å²) in [5.74, 6) is 0.423. The molecule has 0 fully saturated rings. The zero-order chi connectivity index (χ0) is 39.4. The zero-order valence-corrected chi connectivity index (χ0v) is 33.0. The third-order valence-electron chi connectivity index (χ3n) is 8.72. The van der Waals surface area contributed by atoms with Gasteiger partial charge in [-0.2, -0.15) is 5.01 Å². The Balaban J connectivity index is 1.31. The van der Waals surface area contributed by atoms with Crippen molar-refractivity contribution in [3.8, 4) is 22.5 Å². The molecule has 4 aromatic rings. The fraction of sp³-hybridized carbons (Fsp3) is 0.514. The number of imidazole rings is 1. The van der Waals surface area contributed by atoms with Gasteiger partial charge in [0.2, 0.25) is 6.29 Å². The van der Waals surface area contributed by atoms with Crippen LogP contribution in [0.25, 0.3) is 22.5 Å². The van der Waals surface area contributed by atoms with Crippen LogP contribution < -0.4 is 0 Å². The summed E-state index contributed by atoms with van der Waals surface area (Å²) in [7, 11) is 3.35. The van der Waals surface area contributed by atoms with Crippen LogP contribution in [-0.2, 0) is 32.0 Å². The monoisotopic (exact) mass is 769 g/mol. The number of hydrazine groups is 2. The van der Waals surface area contributed by atoms with Gasteiger partial charge in [-0.3, -0.25) is 10.0 Å².